The number of nitrogens with zero attached hydrogens (tertiary/aromatic N) is 1. The zero-order valence-electron chi connectivity index (χ0n) is 9.11. The first-order valence-corrected chi connectivity index (χ1v) is 4.84. The Morgan fingerprint density at radius 1 is 1.50 bits per heavy atom. The van der Waals surface area contributed by atoms with Gasteiger partial charge in [-0.3, -0.25) is 14.9 Å². The molecule has 0 heterocycles. The normalized spacial score (nSPS) is 9.62. The van der Waals surface area contributed by atoms with Crippen molar-refractivity contribution < 1.29 is 9.72 Å². The van der Waals surface area contributed by atoms with E-state index in [0.29, 0.717) is 12.2 Å². The summed E-state index contributed by atoms with van der Waals surface area (Å²) in [7, 11) is 1.68. The minimum atomic E-state index is -0.565. The van der Waals surface area contributed by atoms with Crippen LogP contribution in [-0.2, 0) is 0 Å². The summed E-state index contributed by atoms with van der Waals surface area (Å²) < 4.78 is 0. The second-order valence-electron chi connectivity index (χ2n) is 3.10. The molecule has 1 aromatic rings. The highest BCUT2D eigenvalue weighted by atomic mass is 16.6. The number of amides is 1. The molecule has 0 aliphatic heterocycles. The fourth-order valence-electron chi connectivity index (χ4n) is 1.29. The summed E-state index contributed by atoms with van der Waals surface area (Å²) in [5.41, 5.74) is 0.538. The number of benzene rings is 1. The molecule has 86 valence electrons. The molecule has 2 N–H and O–H groups in total. The number of carbonyl (C=O) groups is 1. The van der Waals surface area contributed by atoms with Crippen LogP contribution in [0.2, 0.25) is 0 Å². The fourth-order valence-corrected chi connectivity index (χ4v) is 1.29. The second kappa shape index (κ2) is 5.11. The maximum atomic E-state index is 11.6. The van der Waals surface area contributed by atoms with Crippen LogP contribution in [0.4, 0.5) is 11.4 Å². The average Bonchev–Trinajstić information content (AvgIpc) is 2.28. The molecule has 0 aliphatic carbocycles. The van der Waals surface area contributed by atoms with Gasteiger partial charge in [-0.05, 0) is 19.1 Å². The number of carbonyl (C=O) groups excluding carboxylic acids is 1. The lowest BCUT2D eigenvalue weighted by Gasteiger charge is -2.05. The molecule has 0 saturated carbocycles. The zero-order chi connectivity index (χ0) is 12.1. The Morgan fingerprint density at radius 2 is 2.19 bits per heavy atom. The molecule has 0 saturated heterocycles. The van der Waals surface area contributed by atoms with Crippen LogP contribution in [0.1, 0.15) is 17.3 Å². The maximum Gasteiger partial charge on any atom is 0.282 e. The van der Waals surface area contributed by atoms with Crippen molar-refractivity contribution in [3.63, 3.8) is 0 Å². The Morgan fingerprint density at radius 3 is 2.69 bits per heavy atom. The van der Waals surface area contributed by atoms with Gasteiger partial charge >= 0.3 is 0 Å². The molecule has 1 amide bonds. The van der Waals surface area contributed by atoms with Gasteiger partial charge in [0.15, 0.2) is 0 Å². The van der Waals surface area contributed by atoms with Gasteiger partial charge in [-0.1, -0.05) is 0 Å². The van der Waals surface area contributed by atoms with Crippen LogP contribution in [0, 0.1) is 10.1 Å². The van der Waals surface area contributed by atoms with E-state index in [-0.39, 0.29) is 11.3 Å². The number of anilines is 1. The van der Waals surface area contributed by atoms with Gasteiger partial charge in [-0.25, -0.2) is 0 Å². The molecule has 0 spiro atoms. The molecule has 0 bridgehead atoms. The molecule has 0 unspecified atom stereocenters. The van der Waals surface area contributed by atoms with Crippen LogP contribution >= 0.6 is 0 Å². The predicted octanol–water partition coefficient (Wildman–Crippen LogP) is 1.39. The lowest BCUT2D eigenvalue weighted by Crippen LogP contribution is -2.23. The molecule has 0 aliphatic rings. The van der Waals surface area contributed by atoms with E-state index < -0.39 is 10.8 Å². The number of rotatable bonds is 4. The smallest absolute Gasteiger partial charge is 0.282 e. The van der Waals surface area contributed by atoms with Crippen molar-refractivity contribution in [3.8, 4) is 0 Å². The highest BCUT2D eigenvalue weighted by molar-refractivity contribution is 5.99. The molecule has 16 heavy (non-hydrogen) atoms. The summed E-state index contributed by atoms with van der Waals surface area (Å²) in [6.07, 6.45) is 0. The van der Waals surface area contributed by atoms with E-state index in [1.54, 1.807) is 20.0 Å². The number of nitrogens with one attached hydrogen (secondary N) is 2. The molecule has 0 aromatic heterocycles. The molecule has 6 nitrogen and oxygen atoms in total. The van der Waals surface area contributed by atoms with E-state index in [4.69, 9.17) is 0 Å². The molecule has 0 atom stereocenters. The van der Waals surface area contributed by atoms with Gasteiger partial charge < -0.3 is 10.6 Å². The number of hydrogen-bond donors (Lipinski definition) is 2. The highest BCUT2D eigenvalue weighted by Crippen LogP contribution is 2.22. The van der Waals surface area contributed by atoms with Crippen molar-refractivity contribution in [2.24, 2.45) is 0 Å². The Labute approximate surface area is 92.8 Å². The van der Waals surface area contributed by atoms with E-state index in [1.807, 2.05) is 0 Å². The topological polar surface area (TPSA) is 84.3 Å². The minimum Gasteiger partial charge on any atom is -0.388 e. The van der Waals surface area contributed by atoms with Crippen molar-refractivity contribution in [2.45, 2.75) is 6.92 Å². The van der Waals surface area contributed by atoms with Gasteiger partial charge in [0, 0.05) is 25.3 Å². The Kier molecular flexibility index (Phi) is 3.82. The fraction of sp³-hybridized carbons (Fsp3) is 0.300. The third-order valence-corrected chi connectivity index (χ3v) is 2.06. The van der Waals surface area contributed by atoms with Gasteiger partial charge in [0.2, 0.25) is 0 Å². The molecular weight excluding hydrogens is 210 g/mol. The summed E-state index contributed by atoms with van der Waals surface area (Å²) in [6, 6.07) is 4.33. The predicted molar refractivity (Wildman–Crippen MR) is 60.7 cm³/mol. The molecular formula is C10H13N3O3. The van der Waals surface area contributed by atoms with Crippen LogP contribution in [-0.4, -0.2) is 24.4 Å². The largest absolute Gasteiger partial charge is 0.388 e. The first-order valence-electron chi connectivity index (χ1n) is 4.84. The Hall–Kier alpha value is -2.11. The van der Waals surface area contributed by atoms with Crippen molar-refractivity contribution in [2.75, 3.05) is 18.9 Å². The summed E-state index contributed by atoms with van der Waals surface area (Å²) in [6.45, 7) is 2.19. The van der Waals surface area contributed by atoms with Crippen molar-refractivity contribution in [1.29, 1.82) is 0 Å². The third-order valence-electron chi connectivity index (χ3n) is 2.06. The van der Waals surface area contributed by atoms with E-state index in [1.165, 1.54) is 12.1 Å². The van der Waals surface area contributed by atoms with Crippen molar-refractivity contribution in [1.82, 2.24) is 5.32 Å². The first-order chi connectivity index (χ1) is 7.60. The first kappa shape index (κ1) is 12.0. The standard InChI is InChI=1S/C10H13N3O3/c1-3-12-10(14)8-6-7(11-2)4-5-9(8)13(15)16/h4-6,11H,3H2,1-2H3,(H,12,14). The van der Waals surface area contributed by atoms with Gasteiger partial charge in [0.1, 0.15) is 5.56 Å². The zero-order valence-corrected chi connectivity index (χ0v) is 9.11. The van der Waals surface area contributed by atoms with Crippen LogP contribution < -0.4 is 10.6 Å². The second-order valence-corrected chi connectivity index (χ2v) is 3.10. The maximum absolute atomic E-state index is 11.6. The summed E-state index contributed by atoms with van der Waals surface area (Å²) >= 11 is 0. The van der Waals surface area contributed by atoms with Crippen molar-refractivity contribution in [3.05, 3.63) is 33.9 Å². The number of nitro groups is 1. The molecule has 0 fully saturated rings. The Bertz CT molecular complexity index is 418. The molecule has 6 heteroatoms. The quantitative estimate of drug-likeness (QED) is 0.596. The van der Waals surface area contributed by atoms with Crippen LogP contribution in [0.5, 0.6) is 0 Å². The van der Waals surface area contributed by atoms with E-state index >= 15 is 0 Å². The lowest BCUT2D eigenvalue weighted by atomic mass is 10.1. The lowest BCUT2D eigenvalue weighted by molar-refractivity contribution is -0.385. The molecule has 1 aromatic carbocycles. The monoisotopic (exact) mass is 223 g/mol. The summed E-state index contributed by atoms with van der Waals surface area (Å²) in [5.74, 6) is -0.439. The third kappa shape index (κ3) is 2.47. The average molecular weight is 223 g/mol. The minimum absolute atomic E-state index is 0.0682. The summed E-state index contributed by atoms with van der Waals surface area (Å²) in [5, 5.41) is 16.1. The van der Waals surface area contributed by atoms with Crippen LogP contribution in [0.25, 0.3) is 0 Å². The Balaban J connectivity index is 3.20. The highest BCUT2D eigenvalue weighted by Gasteiger charge is 2.19. The van der Waals surface area contributed by atoms with Crippen molar-refractivity contribution >= 4 is 17.3 Å². The van der Waals surface area contributed by atoms with E-state index in [0.717, 1.165) is 0 Å². The number of hydrogen-bond acceptors (Lipinski definition) is 4. The van der Waals surface area contributed by atoms with Crippen LogP contribution in [0.3, 0.4) is 0 Å². The molecule has 1 rings (SSSR count). The van der Waals surface area contributed by atoms with E-state index in [9.17, 15) is 14.9 Å². The van der Waals surface area contributed by atoms with Gasteiger partial charge in [-0.15, -0.1) is 0 Å². The van der Waals surface area contributed by atoms with Crippen LogP contribution in [0.15, 0.2) is 18.2 Å². The van der Waals surface area contributed by atoms with E-state index in [2.05, 4.69) is 10.6 Å². The van der Waals surface area contributed by atoms with Gasteiger partial charge in [0.05, 0.1) is 4.92 Å². The van der Waals surface area contributed by atoms with Gasteiger partial charge in [0.25, 0.3) is 11.6 Å². The molecule has 0 radical (unpaired) electrons. The SMILES string of the molecule is CCNC(=O)c1cc(NC)ccc1[N+](=O)[O-]. The van der Waals surface area contributed by atoms with Gasteiger partial charge in [-0.2, -0.15) is 0 Å². The number of nitro benzene ring substituents is 1. The summed E-state index contributed by atoms with van der Waals surface area (Å²) in [4.78, 5) is 21.8.